The molecule has 0 spiro atoms. The number of rotatable bonds is 9. The summed E-state index contributed by atoms with van der Waals surface area (Å²) in [5.74, 6) is 0.600. The molecule has 3 heteroatoms. The molecule has 0 amide bonds. The van der Waals surface area contributed by atoms with Gasteiger partial charge in [-0.1, -0.05) is 32.9 Å². The molecule has 1 aromatic rings. The molecule has 0 aliphatic rings. The molecule has 0 aromatic heterocycles. The van der Waals surface area contributed by atoms with Crippen molar-refractivity contribution < 1.29 is 4.74 Å². The van der Waals surface area contributed by atoms with E-state index in [1.807, 2.05) is 0 Å². The molecule has 0 fully saturated rings. The highest BCUT2D eigenvalue weighted by Crippen LogP contribution is 2.15. The lowest BCUT2D eigenvalue weighted by Gasteiger charge is -2.24. The van der Waals surface area contributed by atoms with Crippen LogP contribution in [0.3, 0.4) is 0 Å². The quantitative estimate of drug-likeness (QED) is 0.697. The number of benzene rings is 1. The Morgan fingerprint density at radius 1 is 1.16 bits per heavy atom. The fourth-order valence-corrected chi connectivity index (χ4v) is 1.98. The monoisotopic (exact) mass is 264 g/mol. The van der Waals surface area contributed by atoms with Crippen LogP contribution in [0.2, 0.25) is 0 Å². The standard InChI is InChI=1S/C16H28N2O/c1-4-9-18(10-11-19-13-14(2)3)16-7-5-15(12-17)6-8-16/h5-8,14H,4,9-13,17H2,1-3H3. The number of nitrogens with two attached hydrogens (primary N) is 1. The van der Waals surface area contributed by atoms with E-state index >= 15 is 0 Å². The van der Waals surface area contributed by atoms with Crippen LogP contribution in [0.1, 0.15) is 32.8 Å². The van der Waals surface area contributed by atoms with E-state index in [2.05, 4.69) is 49.9 Å². The van der Waals surface area contributed by atoms with E-state index in [-0.39, 0.29) is 0 Å². The first kappa shape index (κ1) is 16.0. The van der Waals surface area contributed by atoms with Gasteiger partial charge in [0.15, 0.2) is 0 Å². The van der Waals surface area contributed by atoms with Crippen molar-refractivity contribution in [1.29, 1.82) is 0 Å². The summed E-state index contributed by atoms with van der Waals surface area (Å²) in [5.41, 5.74) is 8.06. The third-order valence-corrected chi connectivity index (χ3v) is 2.99. The molecule has 3 nitrogen and oxygen atoms in total. The normalized spacial score (nSPS) is 11.0. The second kappa shape index (κ2) is 8.94. The lowest BCUT2D eigenvalue weighted by molar-refractivity contribution is 0.115. The SMILES string of the molecule is CCCN(CCOCC(C)C)c1ccc(CN)cc1. The molecule has 0 heterocycles. The number of hydrogen-bond donors (Lipinski definition) is 1. The molecular formula is C16H28N2O. The predicted molar refractivity (Wildman–Crippen MR) is 82.5 cm³/mol. The Balaban J connectivity index is 2.50. The first-order valence-electron chi connectivity index (χ1n) is 7.29. The molecule has 19 heavy (non-hydrogen) atoms. The van der Waals surface area contributed by atoms with E-state index in [1.165, 1.54) is 11.3 Å². The van der Waals surface area contributed by atoms with Crippen LogP contribution in [0.25, 0.3) is 0 Å². The lowest BCUT2D eigenvalue weighted by atomic mass is 10.2. The van der Waals surface area contributed by atoms with E-state index in [1.54, 1.807) is 0 Å². The second-order valence-corrected chi connectivity index (χ2v) is 5.33. The van der Waals surface area contributed by atoms with Gasteiger partial charge < -0.3 is 15.4 Å². The van der Waals surface area contributed by atoms with Crippen molar-refractivity contribution in [3.63, 3.8) is 0 Å². The van der Waals surface area contributed by atoms with Crippen LogP contribution in [0.15, 0.2) is 24.3 Å². The van der Waals surface area contributed by atoms with Crippen LogP contribution in [0, 0.1) is 5.92 Å². The fraction of sp³-hybridized carbons (Fsp3) is 0.625. The molecule has 0 saturated heterocycles. The van der Waals surface area contributed by atoms with Crippen LogP contribution in [0.5, 0.6) is 0 Å². The highest BCUT2D eigenvalue weighted by atomic mass is 16.5. The van der Waals surface area contributed by atoms with Crippen molar-refractivity contribution in [2.24, 2.45) is 11.7 Å². The van der Waals surface area contributed by atoms with Crippen LogP contribution in [-0.4, -0.2) is 26.3 Å². The summed E-state index contributed by atoms with van der Waals surface area (Å²) >= 11 is 0. The van der Waals surface area contributed by atoms with Crippen molar-refractivity contribution in [3.05, 3.63) is 29.8 Å². The van der Waals surface area contributed by atoms with Crippen LogP contribution < -0.4 is 10.6 Å². The summed E-state index contributed by atoms with van der Waals surface area (Å²) in [5, 5.41) is 0. The Morgan fingerprint density at radius 3 is 2.37 bits per heavy atom. The van der Waals surface area contributed by atoms with E-state index in [0.717, 1.165) is 32.7 Å². The molecule has 0 radical (unpaired) electrons. The van der Waals surface area contributed by atoms with E-state index in [4.69, 9.17) is 10.5 Å². The number of nitrogens with zero attached hydrogens (tertiary/aromatic N) is 1. The van der Waals surface area contributed by atoms with Gasteiger partial charge in [0.2, 0.25) is 0 Å². The van der Waals surface area contributed by atoms with E-state index in [0.29, 0.717) is 12.5 Å². The average molecular weight is 264 g/mol. The molecule has 0 bridgehead atoms. The molecule has 0 saturated carbocycles. The molecule has 2 N–H and O–H groups in total. The Morgan fingerprint density at radius 2 is 1.84 bits per heavy atom. The topological polar surface area (TPSA) is 38.5 Å². The van der Waals surface area contributed by atoms with Gasteiger partial charge >= 0.3 is 0 Å². The maximum absolute atomic E-state index is 5.68. The largest absolute Gasteiger partial charge is 0.379 e. The summed E-state index contributed by atoms with van der Waals surface area (Å²) < 4.78 is 5.68. The first-order chi connectivity index (χ1) is 9.17. The minimum atomic E-state index is 0.600. The highest BCUT2D eigenvalue weighted by Gasteiger charge is 2.05. The number of hydrogen-bond acceptors (Lipinski definition) is 3. The van der Waals surface area contributed by atoms with Gasteiger partial charge in [-0.3, -0.25) is 0 Å². The van der Waals surface area contributed by atoms with Gasteiger partial charge in [0, 0.05) is 31.9 Å². The Labute approximate surface area is 117 Å². The van der Waals surface area contributed by atoms with Crippen molar-refractivity contribution in [2.75, 3.05) is 31.2 Å². The molecule has 0 aliphatic carbocycles. The van der Waals surface area contributed by atoms with Crippen LogP contribution in [0.4, 0.5) is 5.69 Å². The molecule has 108 valence electrons. The van der Waals surface area contributed by atoms with Crippen molar-refractivity contribution in [3.8, 4) is 0 Å². The zero-order chi connectivity index (χ0) is 14.1. The fourth-order valence-electron chi connectivity index (χ4n) is 1.98. The zero-order valence-corrected chi connectivity index (χ0v) is 12.6. The van der Waals surface area contributed by atoms with Crippen molar-refractivity contribution >= 4 is 5.69 Å². The van der Waals surface area contributed by atoms with Crippen LogP contribution in [-0.2, 0) is 11.3 Å². The molecule has 0 atom stereocenters. The van der Waals surface area contributed by atoms with Crippen molar-refractivity contribution in [2.45, 2.75) is 33.7 Å². The number of anilines is 1. The van der Waals surface area contributed by atoms with Crippen molar-refractivity contribution in [1.82, 2.24) is 0 Å². The summed E-state index contributed by atoms with van der Waals surface area (Å²) in [6.45, 7) is 10.8. The summed E-state index contributed by atoms with van der Waals surface area (Å²) in [7, 11) is 0. The van der Waals surface area contributed by atoms with Gasteiger partial charge in [-0.15, -0.1) is 0 Å². The average Bonchev–Trinajstić information content (AvgIpc) is 2.42. The third-order valence-electron chi connectivity index (χ3n) is 2.99. The van der Waals surface area contributed by atoms with E-state index in [9.17, 15) is 0 Å². The van der Waals surface area contributed by atoms with Gasteiger partial charge in [-0.05, 0) is 30.0 Å². The maximum Gasteiger partial charge on any atom is 0.0641 e. The van der Waals surface area contributed by atoms with Gasteiger partial charge in [-0.2, -0.15) is 0 Å². The minimum absolute atomic E-state index is 0.600. The molecule has 1 aromatic carbocycles. The van der Waals surface area contributed by atoms with Gasteiger partial charge in [-0.25, -0.2) is 0 Å². The smallest absolute Gasteiger partial charge is 0.0641 e. The number of ether oxygens (including phenoxy) is 1. The zero-order valence-electron chi connectivity index (χ0n) is 12.6. The lowest BCUT2D eigenvalue weighted by Crippen LogP contribution is -2.28. The highest BCUT2D eigenvalue weighted by molar-refractivity contribution is 5.47. The predicted octanol–water partition coefficient (Wildman–Crippen LogP) is 3.03. The minimum Gasteiger partial charge on any atom is -0.379 e. The Hall–Kier alpha value is -1.06. The van der Waals surface area contributed by atoms with Crippen LogP contribution >= 0.6 is 0 Å². The molecule has 1 rings (SSSR count). The van der Waals surface area contributed by atoms with Gasteiger partial charge in [0.25, 0.3) is 0 Å². The summed E-state index contributed by atoms with van der Waals surface area (Å²) in [6, 6.07) is 8.51. The Bertz CT molecular complexity index is 335. The third kappa shape index (κ3) is 6.08. The first-order valence-corrected chi connectivity index (χ1v) is 7.29. The molecular weight excluding hydrogens is 236 g/mol. The molecule has 0 aliphatic heterocycles. The summed E-state index contributed by atoms with van der Waals surface area (Å²) in [4.78, 5) is 2.38. The molecule has 0 unspecified atom stereocenters. The summed E-state index contributed by atoms with van der Waals surface area (Å²) in [6.07, 6.45) is 1.14. The second-order valence-electron chi connectivity index (χ2n) is 5.33. The van der Waals surface area contributed by atoms with E-state index < -0.39 is 0 Å². The Kier molecular flexibility index (Phi) is 7.53. The van der Waals surface area contributed by atoms with Gasteiger partial charge in [0.05, 0.1) is 6.61 Å². The van der Waals surface area contributed by atoms with Gasteiger partial charge in [0.1, 0.15) is 0 Å². The maximum atomic E-state index is 5.68.